The van der Waals surface area contributed by atoms with E-state index in [9.17, 15) is 0 Å². The van der Waals surface area contributed by atoms with Crippen molar-refractivity contribution < 1.29 is 0 Å². The van der Waals surface area contributed by atoms with Crippen molar-refractivity contribution >= 4 is 23.5 Å². The van der Waals surface area contributed by atoms with Crippen molar-refractivity contribution in [2.24, 2.45) is 0 Å². The summed E-state index contributed by atoms with van der Waals surface area (Å²) < 4.78 is 0. The topological polar surface area (TPSA) is 109 Å². The summed E-state index contributed by atoms with van der Waals surface area (Å²) in [4.78, 5) is 16.7. The molecule has 1 aliphatic heterocycles. The van der Waals surface area contributed by atoms with Crippen LogP contribution in [0.15, 0.2) is 30.3 Å². The number of nitrogens with two attached hydrogens (primary N) is 2. The number of para-hydroxylation sites is 1. The molecule has 0 aliphatic carbocycles. The molecule has 0 amide bonds. The highest BCUT2D eigenvalue weighted by atomic mass is 15.3. The van der Waals surface area contributed by atoms with Crippen molar-refractivity contribution in [1.82, 2.24) is 19.9 Å². The number of nitrogens with zero attached hydrogens (tertiary/aromatic N) is 5. The fourth-order valence-electron chi connectivity index (χ4n) is 3.02. The molecule has 1 saturated heterocycles. The first-order valence-corrected chi connectivity index (χ1v) is 8.74. The van der Waals surface area contributed by atoms with Crippen LogP contribution in [0.25, 0.3) is 0 Å². The van der Waals surface area contributed by atoms with E-state index in [1.807, 2.05) is 0 Å². The zero-order chi connectivity index (χ0) is 17.5. The summed E-state index contributed by atoms with van der Waals surface area (Å²) in [6, 6.07) is 10.6. The molecule has 1 aromatic heterocycles. The van der Waals surface area contributed by atoms with E-state index in [1.165, 1.54) is 5.69 Å². The molecule has 0 unspecified atom stereocenters. The Balaban J connectivity index is 1.31. The Bertz CT molecular complexity index is 635. The molecule has 1 aliphatic rings. The Morgan fingerprint density at radius 3 is 2.24 bits per heavy atom. The van der Waals surface area contributed by atoms with Crippen molar-refractivity contribution in [3.63, 3.8) is 0 Å². The van der Waals surface area contributed by atoms with Crippen LogP contribution in [-0.2, 0) is 0 Å². The molecular weight excluding hydrogens is 316 g/mol. The van der Waals surface area contributed by atoms with Gasteiger partial charge < -0.3 is 21.7 Å². The van der Waals surface area contributed by atoms with Gasteiger partial charge in [0.05, 0.1) is 0 Å². The number of piperazine rings is 1. The zero-order valence-corrected chi connectivity index (χ0v) is 14.4. The van der Waals surface area contributed by atoms with Gasteiger partial charge in [0, 0.05) is 38.4 Å². The summed E-state index contributed by atoms with van der Waals surface area (Å²) in [5.74, 6) is 0.735. The molecule has 0 spiro atoms. The van der Waals surface area contributed by atoms with Gasteiger partial charge in [-0.05, 0) is 31.5 Å². The highest BCUT2D eigenvalue weighted by Gasteiger charge is 2.16. The number of hydrogen-bond acceptors (Lipinski definition) is 8. The molecule has 1 fully saturated rings. The van der Waals surface area contributed by atoms with E-state index in [4.69, 9.17) is 11.5 Å². The minimum atomic E-state index is 0.145. The van der Waals surface area contributed by atoms with Crippen molar-refractivity contribution in [3.05, 3.63) is 30.3 Å². The summed E-state index contributed by atoms with van der Waals surface area (Å²) in [6.45, 7) is 6.32. The molecule has 0 saturated carbocycles. The van der Waals surface area contributed by atoms with Crippen LogP contribution < -0.4 is 21.7 Å². The van der Waals surface area contributed by atoms with E-state index >= 15 is 0 Å². The lowest BCUT2D eigenvalue weighted by Gasteiger charge is -2.36. The maximum Gasteiger partial charge on any atom is 0.229 e. The van der Waals surface area contributed by atoms with Gasteiger partial charge in [-0.1, -0.05) is 18.2 Å². The Kier molecular flexibility index (Phi) is 5.84. The minimum Gasteiger partial charge on any atom is -0.369 e. The number of aromatic nitrogens is 3. The van der Waals surface area contributed by atoms with Gasteiger partial charge in [-0.15, -0.1) is 0 Å². The van der Waals surface area contributed by atoms with Crippen LogP contribution in [0.2, 0.25) is 0 Å². The van der Waals surface area contributed by atoms with E-state index in [0.717, 1.165) is 52.1 Å². The van der Waals surface area contributed by atoms with Crippen LogP contribution >= 0.6 is 0 Å². The third kappa shape index (κ3) is 5.18. The molecule has 0 atom stereocenters. The zero-order valence-electron chi connectivity index (χ0n) is 14.4. The average molecular weight is 342 g/mol. The molecule has 2 aromatic rings. The normalized spacial score (nSPS) is 15.3. The van der Waals surface area contributed by atoms with Crippen molar-refractivity contribution in [3.8, 4) is 0 Å². The van der Waals surface area contributed by atoms with Crippen molar-refractivity contribution in [2.75, 3.05) is 61.0 Å². The lowest BCUT2D eigenvalue weighted by molar-refractivity contribution is 0.254. The van der Waals surface area contributed by atoms with Crippen LogP contribution in [0.1, 0.15) is 12.8 Å². The number of hydrogen-bond donors (Lipinski definition) is 3. The quantitative estimate of drug-likeness (QED) is 0.641. The second kappa shape index (κ2) is 8.48. The molecule has 25 heavy (non-hydrogen) atoms. The molecule has 3 rings (SSSR count). The fourth-order valence-corrected chi connectivity index (χ4v) is 3.02. The Morgan fingerprint density at radius 2 is 1.56 bits per heavy atom. The van der Waals surface area contributed by atoms with E-state index in [2.05, 4.69) is 60.4 Å². The molecular formula is C17H26N8. The van der Waals surface area contributed by atoms with Crippen LogP contribution in [0.5, 0.6) is 0 Å². The van der Waals surface area contributed by atoms with Gasteiger partial charge in [0.2, 0.25) is 17.8 Å². The summed E-state index contributed by atoms with van der Waals surface area (Å²) in [5.41, 5.74) is 12.4. The van der Waals surface area contributed by atoms with Crippen LogP contribution in [0, 0.1) is 0 Å². The molecule has 1 aromatic carbocycles. The van der Waals surface area contributed by atoms with Crippen LogP contribution in [0.3, 0.4) is 0 Å². The van der Waals surface area contributed by atoms with Gasteiger partial charge in [-0.25, -0.2) is 0 Å². The summed E-state index contributed by atoms with van der Waals surface area (Å²) in [5, 5.41) is 3.14. The maximum absolute atomic E-state index is 5.55. The molecule has 8 heteroatoms. The minimum absolute atomic E-state index is 0.145. The van der Waals surface area contributed by atoms with E-state index in [1.54, 1.807) is 0 Å². The molecule has 0 radical (unpaired) electrons. The largest absolute Gasteiger partial charge is 0.369 e. The van der Waals surface area contributed by atoms with Gasteiger partial charge >= 0.3 is 0 Å². The number of unbranched alkanes of at least 4 members (excludes halogenated alkanes) is 1. The number of nitrogen functional groups attached to an aromatic ring is 2. The van der Waals surface area contributed by atoms with Crippen molar-refractivity contribution in [1.29, 1.82) is 0 Å². The summed E-state index contributed by atoms with van der Waals surface area (Å²) in [6.07, 6.45) is 2.18. The fraction of sp³-hybridized carbons (Fsp3) is 0.471. The standard InChI is InChI=1S/C17H26N8/c18-15-21-16(19)23-17(22-15)20-8-4-5-9-24-10-12-25(13-11-24)14-6-2-1-3-7-14/h1-3,6-7H,4-5,8-13H2,(H5,18,19,20,21,22,23). The van der Waals surface area contributed by atoms with Crippen LogP contribution in [-0.4, -0.2) is 59.1 Å². The summed E-state index contributed by atoms with van der Waals surface area (Å²) in [7, 11) is 0. The second-order valence-corrected chi connectivity index (χ2v) is 6.17. The smallest absolute Gasteiger partial charge is 0.229 e. The predicted octanol–water partition coefficient (Wildman–Crippen LogP) is 1.05. The number of anilines is 4. The van der Waals surface area contributed by atoms with Gasteiger partial charge in [0.25, 0.3) is 0 Å². The van der Waals surface area contributed by atoms with Gasteiger partial charge in [-0.3, -0.25) is 4.90 Å². The average Bonchev–Trinajstić information content (AvgIpc) is 2.62. The van der Waals surface area contributed by atoms with Gasteiger partial charge in [0.1, 0.15) is 0 Å². The highest BCUT2D eigenvalue weighted by Crippen LogP contribution is 2.15. The van der Waals surface area contributed by atoms with E-state index < -0.39 is 0 Å². The van der Waals surface area contributed by atoms with E-state index in [-0.39, 0.29) is 11.9 Å². The first-order chi connectivity index (χ1) is 12.2. The number of benzene rings is 1. The van der Waals surface area contributed by atoms with Gasteiger partial charge in [-0.2, -0.15) is 15.0 Å². The van der Waals surface area contributed by atoms with Crippen molar-refractivity contribution in [2.45, 2.75) is 12.8 Å². The lowest BCUT2D eigenvalue weighted by atomic mass is 10.2. The SMILES string of the molecule is Nc1nc(N)nc(NCCCCN2CCN(c3ccccc3)CC2)n1. The lowest BCUT2D eigenvalue weighted by Crippen LogP contribution is -2.46. The number of rotatable bonds is 7. The maximum atomic E-state index is 5.55. The van der Waals surface area contributed by atoms with Gasteiger partial charge in [0.15, 0.2) is 0 Å². The number of nitrogens with one attached hydrogen (secondary N) is 1. The molecule has 0 bridgehead atoms. The first-order valence-electron chi connectivity index (χ1n) is 8.74. The predicted molar refractivity (Wildman–Crippen MR) is 101 cm³/mol. The molecule has 8 nitrogen and oxygen atoms in total. The molecule has 134 valence electrons. The Labute approximate surface area is 148 Å². The second-order valence-electron chi connectivity index (χ2n) is 6.17. The Hall–Kier alpha value is -2.61. The monoisotopic (exact) mass is 342 g/mol. The van der Waals surface area contributed by atoms with Crippen LogP contribution in [0.4, 0.5) is 23.5 Å². The van der Waals surface area contributed by atoms with E-state index in [0.29, 0.717) is 5.95 Å². The summed E-state index contributed by atoms with van der Waals surface area (Å²) >= 11 is 0. The molecule has 5 N–H and O–H groups in total. The highest BCUT2D eigenvalue weighted by molar-refractivity contribution is 5.46. The third-order valence-corrected chi connectivity index (χ3v) is 4.35. The Morgan fingerprint density at radius 1 is 0.880 bits per heavy atom. The third-order valence-electron chi connectivity index (χ3n) is 4.35. The molecule has 2 heterocycles. The first kappa shape index (κ1) is 17.2.